The van der Waals surface area contributed by atoms with E-state index in [0.717, 1.165) is 65.9 Å². The van der Waals surface area contributed by atoms with Crippen molar-refractivity contribution in [1.29, 1.82) is 0 Å². The molecule has 5 fully saturated rings. The summed E-state index contributed by atoms with van der Waals surface area (Å²) in [5, 5.41) is 3.28. The largest absolute Gasteiger partial charge is 1.00 e. The molecule has 0 saturated heterocycles. The fourth-order valence-corrected chi connectivity index (χ4v) is 11.4. The van der Waals surface area contributed by atoms with Gasteiger partial charge in [0.2, 0.25) is 5.91 Å². The van der Waals surface area contributed by atoms with Crippen LogP contribution in [-0.4, -0.2) is 43.6 Å². The molecule has 5 aliphatic carbocycles. The van der Waals surface area contributed by atoms with Crippen LogP contribution in [0.5, 0.6) is 0 Å². The van der Waals surface area contributed by atoms with Gasteiger partial charge in [-0.25, -0.2) is 0 Å². The minimum absolute atomic E-state index is 0. The number of nitrogens with zero attached hydrogens (tertiary/aromatic N) is 1. The first-order valence-corrected chi connectivity index (χ1v) is 16.7. The van der Waals surface area contributed by atoms with Gasteiger partial charge < -0.3 is 26.8 Å². The first-order valence-electron chi connectivity index (χ1n) is 16.7. The number of hydrogen-bond donors (Lipinski definition) is 1. The lowest BCUT2D eigenvalue weighted by atomic mass is 9.44. The van der Waals surface area contributed by atoms with Gasteiger partial charge in [-0.1, -0.05) is 33.6 Å². The first kappa shape index (κ1) is 30.9. The number of halogens is 1. The number of rotatable bonds is 9. The molecule has 0 aromatic carbocycles. The summed E-state index contributed by atoms with van der Waals surface area (Å²) in [4.78, 5) is 12.7. The fourth-order valence-electron chi connectivity index (χ4n) is 11.4. The lowest BCUT2D eigenvalue weighted by Gasteiger charge is -2.61. The third-order valence-electron chi connectivity index (χ3n) is 13.7. The second-order valence-corrected chi connectivity index (χ2v) is 15.8. The highest BCUT2D eigenvalue weighted by Crippen LogP contribution is 2.68. The van der Waals surface area contributed by atoms with Gasteiger partial charge in [-0.05, 0) is 130 Å². The van der Waals surface area contributed by atoms with E-state index in [0.29, 0.717) is 22.7 Å². The van der Waals surface area contributed by atoms with Crippen molar-refractivity contribution in [2.45, 2.75) is 136 Å². The van der Waals surface area contributed by atoms with Crippen molar-refractivity contribution >= 4 is 5.91 Å². The van der Waals surface area contributed by atoms with Crippen LogP contribution in [0.4, 0.5) is 0 Å². The Hall–Kier alpha value is -0.0900. The molecule has 1 amide bonds. The lowest BCUT2D eigenvalue weighted by Crippen LogP contribution is -3.00. The van der Waals surface area contributed by atoms with E-state index >= 15 is 0 Å². The molecule has 1 unspecified atom stereocenters. The van der Waals surface area contributed by atoms with Crippen molar-refractivity contribution < 1.29 is 26.3 Å². The van der Waals surface area contributed by atoms with E-state index < -0.39 is 0 Å². The number of quaternary nitrogens is 1. The highest BCUT2D eigenvalue weighted by Gasteiger charge is 2.60. The highest BCUT2D eigenvalue weighted by atomic mass is 79.9. The summed E-state index contributed by atoms with van der Waals surface area (Å²) in [5.41, 5.74) is 1.17. The Morgan fingerprint density at radius 2 is 1.58 bits per heavy atom. The quantitative estimate of drug-likeness (QED) is 0.297. The molecule has 5 saturated carbocycles. The monoisotopic (exact) mass is 592 g/mol. The van der Waals surface area contributed by atoms with Crippen molar-refractivity contribution in [3.63, 3.8) is 0 Å². The van der Waals surface area contributed by atoms with Crippen molar-refractivity contribution in [2.24, 2.45) is 46.3 Å². The molecule has 8 atom stereocenters. The van der Waals surface area contributed by atoms with Gasteiger partial charge in [0.15, 0.2) is 0 Å². The molecule has 0 bridgehead atoms. The van der Waals surface area contributed by atoms with Gasteiger partial charge in [-0.3, -0.25) is 4.79 Å². The zero-order valence-electron chi connectivity index (χ0n) is 25.7. The predicted octanol–water partition coefficient (Wildman–Crippen LogP) is 4.98. The first-order chi connectivity index (χ1) is 17.6. The predicted molar refractivity (Wildman–Crippen MR) is 155 cm³/mol. The van der Waals surface area contributed by atoms with Gasteiger partial charge in [-0.15, -0.1) is 0 Å². The number of amides is 1. The molecule has 5 aliphatic rings. The standard InChI is InChI=1S/C34H60N2O.BrH/c1-25(14-19-32(37)35-23-10-24-36(4,5)27-12-6-7-13-27)29-17-18-30-28-16-15-26-11-8-9-21-33(26,2)31(28)20-22-34(29,30)3;/h25-31H,6-24H2,1-5H3;1H/t25-,26?,28+,29-,30+,31+,33+,34-;/m1./s1. The second-order valence-electron chi connectivity index (χ2n) is 15.8. The number of carbonyl (C=O) groups excluding carboxylic acids is 1. The summed E-state index contributed by atoms with van der Waals surface area (Å²) in [6.07, 6.45) is 23.4. The van der Waals surface area contributed by atoms with E-state index in [4.69, 9.17) is 0 Å². The summed E-state index contributed by atoms with van der Waals surface area (Å²) in [5.74, 6) is 5.77. The van der Waals surface area contributed by atoms with Crippen molar-refractivity contribution in [3.8, 4) is 0 Å². The Bertz CT molecular complexity index is 793. The maximum absolute atomic E-state index is 12.7. The molecular formula is C34H61BrN2O. The van der Waals surface area contributed by atoms with Gasteiger partial charge in [0.25, 0.3) is 0 Å². The molecule has 38 heavy (non-hydrogen) atoms. The Labute approximate surface area is 246 Å². The molecule has 5 rings (SSSR count). The molecule has 220 valence electrons. The van der Waals surface area contributed by atoms with Gasteiger partial charge in [0.1, 0.15) is 0 Å². The lowest BCUT2D eigenvalue weighted by molar-refractivity contribution is -0.914. The van der Waals surface area contributed by atoms with Crippen molar-refractivity contribution in [3.05, 3.63) is 0 Å². The van der Waals surface area contributed by atoms with Crippen LogP contribution in [0.1, 0.15) is 130 Å². The molecule has 1 N–H and O–H groups in total. The number of carbonyl (C=O) groups is 1. The van der Waals surface area contributed by atoms with Crippen LogP contribution in [0, 0.1) is 46.3 Å². The Kier molecular flexibility index (Phi) is 10.1. The van der Waals surface area contributed by atoms with E-state index in [9.17, 15) is 4.79 Å². The summed E-state index contributed by atoms with van der Waals surface area (Å²) in [6.45, 7) is 9.91. The van der Waals surface area contributed by atoms with Crippen LogP contribution in [0.3, 0.4) is 0 Å². The maximum atomic E-state index is 12.7. The molecular weight excluding hydrogens is 532 g/mol. The van der Waals surface area contributed by atoms with E-state index in [-0.39, 0.29) is 17.0 Å². The summed E-state index contributed by atoms with van der Waals surface area (Å²) in [7, 11) is 4.78. The van der Waals surface area contributed by atoms with Gasteiger partial charge in [-0.2, -0.15) is 0 Å². The van der Waals surface area contributed by atoms with Crippen molar-refractivity contribution in [1.82, 2.24) is 5.32 Å². The third kappa shape index (κ3) is 5.93. The van der Waals surface area contributed by atoms with Crippen LogP contribution in [0.2, 0.25) is 0 Å². The maximum Gasteiger partial charge on any atom is 0.220 e. The Morgan fingerprint density at radius 3 is 2.34 bits per heavy atom. The molecule has 0 aromatic heterocycles. The molecule has 0 radical (unpaired) electrons. The molecule has 0 aliphatic heterocycles. The van der Waals surface area contributed by atoms with Crippen LogP contribution >= 0.6 is 0 Å². The third-order valence-corrected chi connectivity index (χ3v) is 13.7. The molecule has 0 spiro atoms. The summed E-state index contributed by atoms with van der Waals surface area (Å²) >= 11 is 0. The number of fused-ring (bicyclic) bond motifs is 5. The average molecular weight is 594 g/mol. The summed E-state index contributed by atoms with van der Waals surface area (Å²) in [6, 6.07) is 0.837. The van der Waals surface area contributed by atoms with Crippen molar-refractivity contribution in [2.75, 3.05) is 27.2 Å². The smallest absolute Gasteiger partial charge is 0.220 e. The zero-order valence-corrected chi connectivity index (χ0v) is 27.3. The van der Waals surface area contributed by atoms with E-state index in [1.54, 1.807) is 0 Å². The average Bonchev–Trinajstić information content (AvgIpc) is 3.53. The SMILES string of the molecule is C[C@H](CCC(=O)NCCC[N+](C)(C)C1CCCC1)[C@H]1CC[C@H]2[C@@H]3CCC4CCCC[C@]4(C)[C@H]3CC[C@]12C.[Br-]. The molecule has 4 heteroatoms. The van der Waals surface area contributed by atoms with E-state index in [1.165, 1.54) is 96.4 Å². The molecule has 0 aromatic rings. The van der Waals surface area contributed by atoms with Crippen LogP contribution in [0.25, 0.3) is 0 Å². The minimum Gasteiger partial charge on any atom is -1.00 e. The highest BCUT2D eigenvalue weighted by molar-refractivity contribution is 5.75. The second kappa shape index (κ2) is 12.4. The van der Waals surface area contributed by atoms with Crippen LogP contribution < -0.4 is 22.3 Å². The molecule has 0 heterocycles. The minimum atomic E-state index is 0. The Morgan fingerprint density at radius 1 is 0.868 bits per heavy atom. The van der Waals surface area contributed by atoms with Crippen LogP contribution in [-0.2, 0) is 4.79 Å². The number of nitrogens with one attached hydrogen (secondary N) is 1. The topological polar surface area (TPSA) is 29.1 Å². The van der Waals surface area contributed by atoms with E-state index in [2.05, 4.69) is 40.2 Å². The van der Waals surface area contributed by atoms with Gasteiger partial charge in [0.05, 0.1) is 26.7 Å². The fraction of sp³-hybridized carbons (Fsp3) is 0.971. The zero-order chi connectivity index (χ0) is 26.3. The van der Waals surface area contributed by atoms with Gasteiger partial charge >= 0.3 is 0 Å². The molecule has 3 nitrogen and oxygen atoms in total. The number of hydrogen-bond acceptors (Lipinski definition) is 1. The summed E-state index contributed by atoms with van der Waals surface area (Å²) < 4.78 is 1.13. The van der Waals surface area contributed by atoms with E-state index in [1.807, 2.05) is 0 Å². The van der Waals surface area contributed by atoms with Gasteiger partial charge in [0, 0.05) is 19.4 Å². The van der Waals surface area contributed by atoms with Crippen LogP contribution in [0.15, 0.2) is 0 Å². The Balaban J connectivity index is 0.00000336. The normalized spacial score (nSPS) is 40.0.